The first kappa shape index (κ1) is 16.1. The van der Waals surface area contributed by atoms with E-state index in [2.05, 4.69) is 15.5 Å². The van der Waals surface area contributed by atoms with Gasteiger partial charge < -0.3 is 4.90 Å². The zero-order chi connectivity index (χ0) is 16.4. The lowest BCUT2D eigenvalue weighted by Crippen LogP contribution is -2.32. The summed E-state index contributed by atoms with van der Waals surface area (Å²) in [6.07, 6.45) is 1.92. The number of carbonyl (C=O) groups is 1. The molecule has 2 aromatic rings. The van der Waals surface area contributed by atoms with Crippen molar-refractivity contribution < 1.29 is 13.2 Å². The molecule has 1 amide bonds. The number of sulfone groups is 1. The summed E-state index contributed by atoms with van der Waals surface area (Å²) >= 11 is 1.54. The van der Waals surface area contributed by atoms with Gasteiger partial charge >= 0.3 is 0 Å². The molecule has 1 fully saturated rings. The van der Waals surface area contributed by atoms with Gasteiger partial charge in [-0.1, -0.05) is 0 Å². The summed E-state index contributed by atoms with van der Waals surface area (Å²) in [4.78, 5) is 13.6. The molecule has 0 saturated heterocycles. The Morgan fingerprint density at radius 2 is 2.26 bits per heavy atom. The molecule has 2 aromatic heterocycles. The molecule has 0 radical (unpaired) electrons. The van der Waals surface area contributed by atoms with Gasteiger partial charge in [0.2, 0.25) is 5.91 Å². The van der Waals surface area contributed by atoms with Gasteiger partial charge in [0.05, 0.1) is 6.04 Å². The molecule has 0 aromatic carbocycles. The summed E-state index contributed by atoms with van der Waals surface area (Å²) in [6.45, 7) is 0.400. The van der Waals surface area contributed by atoms with Crippen molar-refractivity contribution >= 4 is 27.1 Å². The number of hydrogen-bond acceptors (Lipinski definition) is 7. The fourth-order valence-electron chi connectivity index (χ4n) is 2.20. The lowest BCUT2D eigenvalue weighted by Gasteiger charge is -2.16. The molecular weight excluding hydrogens is 338 g/mol. The monoisotopic (exact) mass is 355 g/mol. The number of amides is 1. The van der Waals surface area contributed by atoms with Crippen LogP contribution in [0.5, 0.6) is 0 Å². The number of carbonyl (C=O) groups excluding carboxylic acids is 1. The van der Waals surface area contributed by atoms with Crippen LogP contribution in [0.2, 0.25) is 0 Å². The van der Waals surface area contributed by atoms with Gasteiger partial charge in [-0.15, -0.1) is 5.10 Å². The molecule has 1 saturated carbocycles. The molecule has 0 unspecified atom stereocenters. The minimum Gasteiger partial charge on any atom is -0.341 e. The molecule has 10 heteroatoms. The number of nitrogens with zero attached hydrogens (tertiary/aromatic N) is 5. The summed E-state index contributed by atoms with van der Waals surface area (Å²) in [7, 11) is -2.01. The fourth-order valence-corrected chi connectivity index (χ4v) is 4.14. The van der Waals surface area contributed by atoms with Crippen LogP contribution < -0.4 is 0 Å². The summed E-state index contributed by atoms with van der Waals surface area (Å²) in [5.41, 5.74) is 0.987. The average molecular weight is 355 g/mol. The molecule has 124 valence electrons. The van der Waals surface area contributed by atoms with Crippen molar-refractivity contribution in [1.29, 1.82) is 0 Å². The third-order valence-corrected chi connectivity index (χ3v) is 5.69. The zero-order valence-electron chi connectivity index (χ0n) is 12.6. The molecule has 0 atom stereocenters. The van der Waals surface area contributed by atoms with Crippen molar-refractivity contribution in [3.8, 4) is 0 Å². The molecule has 0 spiro atoms. The first-order valence-electron chi connectivity index (χ1n) is 7.17. The highest BCUT2D eigenvalue weighted by molar-refractivity contribution is 7.91. The van der Waals surface area contributed by atoms with Gasteiger partial charge in [-0.2, -0.15) is 11.3 Å². The standard InChI is InChI=1S/C13H17N5O3S2/c1-17(6-10-4-5-22-7-10)13(19)9-23(20,21)8-12-14-15-16-18(12)11-2-3-11/h4-5,7,11H,2-3,6,8-9H2,1H3. The van der Waals surface area contributed by atoms with E-state index in [0.29, 0.717) is 12.4 Å². The SMILES string of the molecule is CN(Cc1ccsc1)C(=O)CS(=O)(=O)Cc1nnnn1C1CC1. The lowest BCUT2D eigenvalue weighted by atomic mass is 10.3. The second-order valence-corrected chi connectivity index (χ2v) is 8.53. The Bertz CT molecular complexity index is 780. The maximum Gasteiger partial charge on any atom is 0.237 e. The van der Waals surface area contributed by atoms with E-state index >= 15 is 0 Å². The Labute approximate surface area is 138 Å². The molecular formula is C13H17N5O3S2. The van der Waals surface area contributed by atoms with Crippen LogP contribution in [-0.2, 0) is 26.9 Å². The number of aromatic nitrogens is 4. The van der Waals surface area contributed by atoms with E-state index in [9.17, 15) is 13.2 Å². The van der Waals surface area contributed by atoms with Crippen LogP contribution >= 0.6 is 11.3 Å². The highest BCUT2D eigenvalue weighted by Gasteiger charge is 2.30. The van der Waals surface area contributed by atoms with E-state index < -0.39 is 21.5 Å². The van der Waals surface area contributed by atoms with Crippen LogP contribution in [0.3, 0.4) is 0 Å². The predicted octanol–water partition coefficient (Wildman–Crippen LogP) is 0.643. The fraction of sp³-hybridized carbons (Fsp3) is 0.538. The molecule has 0 N–H and O–H groups in total. The van der Waals surface area contributed by atoms with Crippen molar-refractivity contribution in [3.63, 3.8) is 0 Å². The zero-order valence-corrected chi connectivity index (χ0v) is 14.3. The molecule has 2 heterocycles. The quantitative estimate of drug-likeness (QED) is 0.723. The molecule has 23 heavy (non-hydrogen) atoms. The maximum atomic E-state index is 12.3. The summed E-state index contributed by atoms with van der Waals surface area (Å²) in [5, 5.41) is 15.0. The Kier molecular flexibility index (Phi) is 4.44. The highest BCUT2D eigenvalue weighted by Crippen LogP contribution is 2.34. The van der Waals surface area contributed by atoms with E-state index in [-0.39, 0.29) is 11.8 Å². The molecule has 8 nitrogen and oxygen atoms in total. The van der Waals surface area contributed by atoms with Gasteiger partial charge in [0.25, 0.3) is 0 Å². The minimum absolute atomic E-state index is 0.201. The first-order valence-corrected chi connectivity index (χ1v) is 9.93. The third-order valence-electron chi connectivity index (χ3n) is 3.57. The van der Waals surface area contributed by atoms with Gasteiger partial charge in [0.1, 0.15) is 11.5 Å². The van der Waals surface area contributed by atoms with Crippen molar-refractivity contribution in [1.82, 2.24) is 25.1 Å². The van der Waals surface area contributed by atoms with E-state index in [4.69, 9.17) is 0 Å². The Hall–Kier alpha value is -1.81. The van der Waals surface area contributed by atoms with E-state index in [1.54, 1.807) is 11.7 Å². The number of tetrazole rings is 1. The van der Waals surface area contributed by atoms with E-state index in [0.717, 1.165) is 18.4 Å². The Morgan fingerprint density at radius 3 is 2.91 bits per heavy atom. The summed E-state index contributed by atoms with van der Waals surface area (Å²) < 4.78 is 26.1. The van der Waals surface area contributed by atoms with Crippen LogP contribution in [0.15, 0.2) is 16.8 Å². The van der Waals surface area contributed by atoms with Crippen LogP contribution in [0.25, 0.3) is 0 Å². The van der Waals surface area contributed by atoms with Crippen molar-refractivity contribution in [3.05, 3.63) is 28.2 Å². The Balaban J connectivity index is 1.61. The first-order chi connectivity index (χ1) is 10.9. The number of hydrogen-bond donors (Lipinski definition) is 0. The molecule has 0 bridgehead atoms. The van der Waals surface area contributed by atoms with Crippen LogP contribution in [-0.4, -0.2) is 52.2 Å². The number of rotatable bonds is 7. The van der Waals surface area contributed by atoms with Gasteiger partial charge in [-0.25, -0.2) is 13.1 Å². The molecule has 0 aliphatic heterocycles. The topological polar surface area (TPSA) is 98.1 Å². The Morgan fingerprint density at radius 1 is 1.48 bits per heavy atom. The predicted molar refractivity (Wildman–Crippen MR) is 84.4 cm³/mol. The van der Waals surface area contributed by atoms with Gasteiger partial charge in [-0.05, 0) is 45.7 Å². The van der Waals surface area contributed by atoms with Gasteiger partial charge in [0.15, 0.2) is 15.7 Å². The van der Waals surface area contributed by atoms with Crippen LogP contribution in [0.1, 0.15) is 30.3 Å². The van der Waals surface area contributed by atoms with Gasteiger partial charge in [0, 0.05) is 13.6 Å². The highest BCUT2D eigenvalue weighted by atomic mass is 32.2. The van der Waals surface area contributed by atoms with Crippen molar-refractivity contribution in [2.24, 2.45) is 0 Å². The molecule has 1 aliphatic carbocycles. The van der Waals surface area contributed by atoms with Crippen LogP contribution in [0.4, 0.5) is 0 Å². The summed E-state index contributed by atoms with van der Waals surface area (Å²) in [5.74, 6) is -0.970. The van der Waals surface area contributed by atoms with Gasteiger partial charge in [-0.3, -0.25) is 4.79 Å². The van der Waals surface area contributed by atoms with Crippen molar-refractivity contribution in [2.45, 2.75) is 31.2 Å². The van der Waals surface area contributed by atoms with E-state index in [1.807, 2.05) is 16.8 Å². The second-order valence-electron chi connectivity index (χ2n) is 5.68. The maximum absolute atomic E-state index is 12.3. The largest absolute Gasteiger partial charge is 0.341 e. The van der Waals surface area contributed by atoms with Crippen LogP contribution in [0, 0.1) is 0 Å². The second kappa shape index (κ2) is 6.36. The smallest absolute Gasteiger partial charge is 0.237 e. The van der Waals surface area contributed by atoms with E-state index in [1.165, 1.54) is 16.2 Å². The third kappa shape index (κ3) is 4.14. The average Bonchev–Trinajstić information content (AvgIpc) is 3.00. The lowest BCUT2D eigenvalue weighted by molar-refractivity contribution is -0.127. The summed E-state index contributed by atoms with van der Waals surface area (Å²) in [6, 6.07) is 2.11. The molecule has 3 rings (SSSR count). The minimum atomic E-state index is -3.61. The normalized spacial score (nSPS) is 14.8. The number of thiophene rings is 1. The molecule has 1 aliphatic rings. The van der Waals surface area contributed by atoms with Crippen molar-refractivity contribution in [2.75, 3.05) is 12.8 Å².